The van der Waals surface area contributed by atoms with Crippen LogP contribution in [0.25, 0.3) is 22.5 Å². The molecule has 4 nitrogen and oxygen atoms in total. The number of anilines is 1. The lowest BCUT2D eigenvalue weighted by molar-refractivity contribution is 0.151. The molecule has 1 aromatic heterocycles. The Morgan fingerprint density at radius 1 is 0.889 bits per heavy atom. The quantitative estimate of drug-likeness (QED) is 0.740. The summed E-state index contributed by atoms with van der Waals surface area (Å²) in [7, 11) is 2.15. The minimum Gasteiger partial charge on any atom is -0.369 e. The monoisotopic (exact) mass is 368 g/mol. The molecule has 1 saturated heterocycles. The fourth-order valence-electron chi connectivity index (χ4n) is 3.33. The van der Waals surface area contributed by atoms with Crippen molar-refractivity contribution >= 4 is 5.69 Å². The zero-order valence-electron chi connectivity index (χ0n) is 15.2. The van der Waals surface area contributed by atoms with E-state index in [4.69, 9.17) is 0 Å². The van der Waals surface area contributed by atoms with Crippen LogP contribution in [0.1, 0.15) is 12.0 Å². The Labute approximate surface area is 157 Å². The van der Waals surface area contributed by atoms with Gasteiger partial charge in [-0.3, -0.25) is 5.10 Å². The second kappa shape index (κ2) is 7.48. The normalized spacial score (nSPS) is 15.5. The van der Waals surface area contributed by atoms with Crippen molar-refractivity contribution in [3.63, 3.8) is 0 Å². The van der Waals surface area contributed by atoms with Gasteiger partial charge in [0, 0.05) is 43.0 Å². The molecule has 0 atom stereocenters. The van der Waals surface area contributed by atoms with Gasteiger partial charge in [-0.05, 0) is 30.8 Å². The van der Waals surface area contributed by atoms with Crippen molar-refractivity contribution in [1.82, 2.24) is 15.1 Å². The van der Waals surface area contributed by atoms with Gasteiger partial charge in [-0.1, -0.05) is 36.4 Å². The van der Waals surface area contributed by atoms with Gasteiger partial charge in [-0.15, -0.1) is 0 Å². The van der Waals surface area contributed by atoms with Crippen LogP contribution in [0, 0.1) is 0 Å². The Morgan fingerprint density at radius 3 is 2.15 bits per heavy atom. The number of nitrogens with zero attached hydrogens (tertiary/aromatic N) is 3. The van der Waals surface area contributed by atoms with Crippen LogP contribution < -0.4 is 4.90 Å². The summed E-state index contributed by atoms with van der Waals surface area (Å²) >= 11 is 0. The van der Waals surface area contributed by atoms with E-state index in [1.807, 2.05) is 6.07 Å². The Balaban J connectivity index is 1.49. The molecule has 0 amide bonds. The van der Waals surface area contributed by atoms with E-state index < -0.39 is 6.43 Å². The van der Waals surface area contributed by atoms with E-state index in [1.165, 1.54) is 17.8 Å². The van der Waals surface area contributed by atoms with E-state index in [0.29, 0.717) is 0 Å². The highest BCUT2D eigenvalue weighted by atomic mass is 19.3. The highest BCUT2D eigenvalue weighted by molar-refractivity contribution is 5.69. The third kappa shape index (κ3) is 3.85. The number of alkyl halides is 2. The van der Waals surface area contributed by atoms with E-state index >= 15 is 0 Å². The minimum absolute atomic E-state index is 0.0259. The largest absolute Gasteiger partial charge is 0.369 e. The van der Waals surface area contributed by atoms with Crippen molar-refractivity contribution in [2.75, 3.05) is 38.1 Å². The standard InChI is InChI=1S/C21H22F2N4/c1-26-10-12-27(13-11-26)18-8-6-16(7-9-18)20-14-19(24-25-20)15-2-4-17(5-3-15)21(22)23/h2-9,14,21H,10-13H2,1H3,(H,24,25). The number of nitrogens with one attached hydrogen (secondary N) is 1. The number of aromatic amines is 1. The van der Waals surface area contributed by atoms with Crippen LogP contribution in [0.4, 0.5) is 14.5 Å². The fourth-order valence-corrected chi connectivity index (χ4v) is 3.33. The summed E-state index contributed by atoms with van der Waals surface area (Å²) < 4.78 is 25.4. The van der Waals surface area contributed by atoms with Crippen molar-refractivity contribution in [2.24, 2.45) is 0 Å². The summed E-state index contributed by atoms with van der Waals surface area (Å²) in [4.78, 5) is 4.73. The lowest BCUT2D eigenvalue weighted by atomic mass is 10.1. The molecule has 0 bridgehead atoms. The third-order valence-electron chi connectivity index (χ3n) is 5.08. The highest BCUT2D eigenvalue weighted by Crippen LogP contribution is 2.27. The van der Waals surface area contributed by atoms with Gasteiger partial charge in [0.15, 0.2) is 0 Å². The van der Waals surface area contributed by atoms with E-state index in [2.05, 4.69) is 51.3 Å². The van der Waals surface area contributed by atoms with Crippen molar-refractivity contribution in [3.8, 4) is 22.5 Å². The molecule has 27 heavy (non-hydrogen) atoms. The van der Waals surface area contributed by atoms with Crippen molar-refractivity contribution in [3.05, 3.63) is 60.2 Å². The molecule has 0 radical (unpaired) electrons. The van der Waals surface area contributed by atoms with E-state index in [-0.39, 0.29) is 5.56 Å². The maximum atomic E-state index is 12.7. The van der Waals surface area contributed by atoms with Gasteiger partial charge in [-0.2, -0.15) is 5.10 Å². The topological polar surface area (TPSA) is 35.2 Å². The van der Waals surface area contributed by atoms with Crippen LogP contribution in [0.3, 0.4) is 0 Å². The molecule has 2 heterocycles. The predicted molar refractivity (Wildman–Crippen MR) is 104 cm³/mol. The molecule has 3 aromatic rings. The Bertz CT molecular complexity index is 879. The first-order valence-corrected chi connectivity index (χ1v) is 9.08. The van der Waals surface area contributed by atoms with Crippen LogP contribution in [0.2, 0.25) is 0 Å². The highest BCUT2D eigenvalue weighted by Gasteiger charge is 2.14. The molecule has 6 heteroatoms. The number of rotatable bonds is 4. The van der Waals surface area contributed by atoms with Gasteiger partial charge in [0.2, 0.25) is 0 Å². The lowest BCUT2D eigenvalue weighted by Gasteiger charge is -2.34. The molecule has 1 fully saturated rings. The zero-order valence-corrected chi connectivity index (χ0v) is 15.2. The molecule has 1 aliphatic heterocycles. The molecule has 140 valence electrons. The Hall–Kier alpha value is -2.73. The summed E-state index contributed by atoms with van der Waals surface area (Å²) in [6.45, 7) is 4.23. The van der Waals surface area contributed by atoms with Crippen LogP contribution in [-0.4, -0.2) is 48.3 Å². The number of benzene rings is 2. The molecule has 4 rings (SSSR count). The Kier molecular flexibility index (Phi) is 4.90. The van der Waals surface area contributed by atoms with Gasteiger partial charge in [0.05, 0.1) is 11.4 Å². The second-order valence-electron chi connectivity index (χ2n) is 6.93. The molecular weight excluding hydrogens is 346 g/mol. The maximum Gasteiger partial charge on any atom is 0.263 e. The second-order valence-corrected chi connectivity index (χ2v) is 6.93. The van der Waals surface area contributed by atoms with E-state index in [1.54, 1.807) is 12.1 Å². The first kappa shape index (κ1) is 17.7. The van der Waals surface area contributed by atoms with E-state index in [0.717, 1.165) is 48.7 Å². The number of hydrogen-bond acceptors (Lipinski definition) is 3. The number of piperazine rings is 1. The number of likely N-dealkylation sites (N-methyl/N-ethyl adjacent to an activating group) is 1. The van der Waals surface area contributed by atoms with Gasteiger partial charge < -0.3 is 9.80 Å². The predicted octanol–water partition coefficient (Wildman–Crippen LogP) is 4.43. The number of aromatic nitrogens is 2. The molecule has 1 aliphatic rings. The third-order valence-corrected chi connectivity index (χ3v) is 5.08. The summed E-state index contributed by atoms with van der Waals surface area (Å²) in [5.74, 6) is 0. The molecule has 0 saturated carbocycles. The van der Waals surface area contributed by atoms with E-state index in [9.17, 15) is 8.78 Å². The lowest BCUT2D eigenvalue weighted by Crippen LogP contribution is -2.44. The van der Waals surface area contributed by atoms with Gasteiger partial charge in [0.1, 0.15) is 0 Å². The molecule has 0 aliphatic carbocycles. The molecule has 0 spiro atoms. The first-order valence-electron chi connectivity index (χ1n) is 9.08. The minimum atomic E-state index is -2.45. The number of halogens is 2. The summed E-state index contributed by atoms with van der Waals surface area (Å²) in [5.41, 5.74) is 4.77. The average Bonchev–Trinajstić information content (AvgIpc) is 3.19. The number of H-pyrrole nitrogens is 1. The fraction of sp³-hybridized carbons (Fsp3) is 0.286. The Morgan fingerprint density at radius 2 is 1.52 bits per heavy atom. The van der Waals surface area contributed by atoms with Gasteiger partial charge >= 0.3 is 0 Å². The van der Waals surface area contributed by atoms with Crippen LogP contribution in [0.15, 0.2) is 54.6 Å². The maximum absolute atomic E-state index is 12.7. The van der Waals surface area contributed by atoms with Gasteiger partial charge in [0.25, 0.3) is 6.43 Å². The van der Waals surface area contributed by atoms with Crippen LogP contribution >= 0.6 is 0 Å². The molecule has 2 aromatic carbocycles. The zero-order chi connectivity index (χ0) is 18.8. The molecular formula is C21H22F2N4. The van der Waals surface area contributed by atoms with Crippen molar-refractivity contribution in [2.45, 2.75) is 6.43 Å². The van der Waals surface area contributed by atoms with Crippen molar-refractivity contribution in [1.29, 1.82) is 0 Å². The van der Waals surface area contributed by atoms with Crippen molar-refractivity contribution < 1.29 is 8.78 Å². The first-order chi connectivity index (χ1) is 13.1. The number of hydrogen-bond donors (Lipinski definition) is 1. The summed E-state index contributed by atoms with van der Waals surface area (Å²) in [6.07, 6.45) is -2.45. The summed E-state index contributed by atoms with van der Waals surface area (Å²) in [5, 5.41) is 7.38. The van der Waals surface area contributed by atoms with Crippen LogP contribution in [-0.2, 0) is 0 Å². The van der Waals surface area contributed by atoms with Gasteiger partial charge in [-0.25, -0.2) is 8.78 Å². The average molecular weight is 368 g/mol. The SMILES string of the molecule is CN1CCN(c2ccc(-c3cc(-c4ccc(C(F)F)cc4)[nH]n3)cc2)CC1. The smallest absolute Gasteiger partial charge is 0.263 e. The summed E-state index contributed by atoms with van der Waals surface area (Å²) in [6, 6.07) is 16.6. The van der Waals surface area contributed by atoms with Crippen LogP contribution in [0.5, 0.6) is 0 Å². The molecule has 0 unspecified atom stereocenters. The molecule has 1 N–H and O–H groups in total.